The smallest absolute Gasteiger partial charge is 0.340 e. The van der Waals surface area contributed by atoms with Gasteiger partial charge in [0.2, 0.25) is 0 Å². The number of hydrogen-bond acceptors (Lipinski definition) is 4. The fourth-order valence-electron chi connectivity index (χ4n) is 1.68. The van der Waals surface area contributed by atoms with Gasteiger partial charge in [0.25, 0.3) is 5.91 Å². The van der Waals surface area contributed by atoms with Gasteiger partial charge in [-0.2, -0.15) is 0 Å². The summed E-state index contributed by atoms with van der Waals surface area (Å²) in [6.07, 6.45) is 0. The lowest BCUT2D eigenvalue weighted by Crippen LogP contribution is -2.21. The van der Waals surface area contributed by atoms with E-state index in [2.05, 4.69) is 5.32 Å². The summed E-state index contributed by atoms with van der Waals surface area (Å²) in [5.41, 5.74) is 5.86. The number of carbonyl (C=O) groups excluding carboxylic acids is 2. The highest BCUT2D eigenvalue weighted by atomic mass is 35.5. The molecule has 0 aliphatic rings. The van der Waals surface area contributed by atoms with E-state index in [-0.39, 0.29) is 11.3 Å². The van der Waals surface area contributed by atoms with Crippen molar-refractivity contribution in [2.24, 2.45) is 0 Å². The summed E-state index contributed by atoms with van der Waals surface area (Å²) >= 11 is 5.89. The Balaban J connectivity index is 1.93. The van der Waals surface area contributed by atoms with Crippen molar-refractivity contribution in [3.63, 3.8) is 0 Å². The molecule has 0 fully saturated rings. The minimum atomic E-state index is -0.813. The number of nitrogens with one attached hydrogen (secondary N) is 1. The Morgan fingerprint density at radius 1 is 1.23 bits per heavy atom. The van der Waals surface area contributed by atoms with E-state index in [9.17, 15) is 14.0 Å². The first-order valence-electron chi connectivity index (χ1n) is 6.24. The predicted molar refractivity (Wildman–Crippen MR) is 81.2 cm³/mol. The van der Waals surface area contributed by atoms with Crippen molar-refractivity contribution in [1.29, 1.82) is 0 Å². The lowest BCUT2D eigenvalue weighted by atomic mass is 10.2. The molecule has 3 N–H and O–H groups in total. The van der Waals surface area contributed by atoms with Crippen molar-refractivity contribution in [2.45, 2.75) is 0 Å². The number of para-hydroxylation sites is 1. The Bertz CT molecular complexity index is 722. The van der Waals surface area contributed by atoms with E-state index < -0.39 is 24.3 Å². The molecule has 0 saturated heterocycles. The Kier molecular flexibility index (Phi) is 4.95. The molecule has 0 saturated carbocycles. The summed E-state index contributed by atoms with van der Waals surface area (Å²) in [4.78, 5) is 23.5. The fraction of sp³-hybridized carbons (Fsp3) is 0.0667. The van der Waals surface area contributed by atoms with Gasteiger partial charge in [-0.15, -0.1) is 0 Å². The number of esters is 1. The first-order chi connectivity index (χ1) is 10.5. The second-order valence-electron chi connectivity index (χ2n) is 4.34. The van der Waals surface area contributed by atoms with E-state index in [0.717, 1.165) is 12.1 Å². The normalized spacial score (nSPS) is 10.1. The molecule has 2 rings (SSSR count). The molecule has 114 valence electrons. The summed E-state index contributed by atoms with van der Waals surface area (Å²) in [7, 11) is 0. The molecule has 22 heavy (non-hydrogen) atoms. The van der Waals surface area contributed by atoms with Gasteiger partial charge in [-0.05, 0) is 30.3 Å². The van der Waals surface area contributed by atoms with E-state index in [1.54, 1.807) is 24.3 Å². The molecule has 0 aliphatic carbocycles. The Morgan fingerprint density at radius 2 is 1.95 bits per heavy atom. The largest absolute Gasteiger partial charge is 0.452 e. The van der Waals surface area contributed by atoms with Gasteiger partial charge in [0.15, 0.2) is 6.61 Å². The highest BCUT2D eigenvalue weighted by Crippen LogP contribution is 2.20. The van der Waals surface area contributed by atoms with Crippen LogP contribution in [0.3, 0.4) is 0 Å². The number of halogens is 2. The third kappa shape index (κ3) is 3.95. The van der Waals surface area contributed by atoms with Crippen LogP contribution in [0.2, 0.25) is 5.02 Å². The number of anilines is 2. The van der Waals surface area contributed by atoms with E-state index in [0.29, 0.717) is 10.7 Å². The molecule has 0 unspecified atom stereocenters. The number of nitrogens with two attached hydrogens (primary N) is 1. The summed E-state index contributed by atoms with van der Waals surface area (Å²) in [5, 5.41) is 2.87. The lowest BCUT2D eigenvalue weighted by molar-refractivity contribution is -0.119. The molecule has 2 aromatic carbocycles. The predicted octanol–water partition coefficient (Wildman–Crippen LogP) is 2.86. The van der Waals surface area contributed by atoms with Gasteiger partial charge in [0.05, 0.1) is 16.3 Å². The minimum absolute atomic E-state index is 0.00746. The standard InChI is InChI=1S/C15H12ClFN2O3/c16-11-3-1-2-4-13(11)19-14(20)8-22-15(21)10-6-5-9(17)7-12(10)18/h1-7H,8,18H2,(H,19,20). The third-order valence-electron chi connectivity index (χ3n) is 2.72. The molecule has 5 nitrogen and oxygen atoms in total. The molecule has 2 aromatic rings. The van der Waals surface area contributed by atoms with Crippen LogP contribution in [0.5, 0.6) is 0 Å². The number of carbonyl (C=O) groups is 2. The number of benzene rings is 2. The topological polar surface area (TPSA) is 81.4 Å². The van der Waals surface area contributed by atoms with Crippen molar-refractivity contribution < 1.29 is 18.7 Å². The number of rotatable bonds is 4. The number of nitrogen functional groups attached to an aromatic ring is 1. The van der Waals surface area contributed by atoms with Crippen LogP contribution in [0.15, 0.2) is 42.5 Å². The maximum Gasteiger partial charge on any atom is 0.340 e. The molecule has 0 spiro atoms. The van der Waals surface area contributed by atoms with Gasteiger partial charge < -0.3 is 15.8 Å². The van der Waals surface area contributed by atoms with Crippen LogP contribution in [-0.4, -0.2) is 18.5 Å². The average Bonchev–Trinajstić information content (AvgIpc) is 2.47. The number of amides is 1. The molecule has 0 atom stereocenters. The quantitative estimate of drug-likeness (QED) is 0.670. The van der Waals surface area contributed by atoms with Crippen LogP contribution >= 0.6 is 11.6 Å². The van der Waals surface area contributed by atoms with E-state index in [1.165, 1.54) is 6.07 Å². The van der Waals surface area contributed by atoms with Crippen molar-refractivity contribution >= 4 is 34.9 Å². The Hall–Kier alpha value is -2.60. The molecular weight excluding hydrogens is 311 g/mol. The maximum atomic E-state index is 12.9. The second kappa shape index (κ2) is 6.91. The van der Waals surface area contributed by atoms with Gasteiger partial charge in [-0.1, -0.05) is 23.7 Å². The highest BCUT2D eigenvalue weighted by Gasteiger charge is 2.14. The molecule has 0 bridgehead atoms. The lowest BCUT2D eigenvalue weighted by Gasteiger charge is -2.09. The van der Waals surface area contributed by atoms with Crippen LogP contribution in [-0.2, 0) is 9.53 Å². The van der Waals surface area contributed by atoms with E-state index in [1.807, 2.05) is 0 Å². The maximum absolute atomic E-state index is 12.9. The van der Waals surface area contributed by atoms with E-state index >= 15 is 0 Å². The van der Waals surface area contributed by atoms with Crippen molar-refractivity contribution in [3.05, 3.63) is 58.9 Å². The van der Waals surface area contributed by atoms with Crippen molar-refractivity contribution in [2.75, 3.05) is 17.7 Å². The monoisotopic (exact) mass is 322 g/mol. The minimum Gasteiger partial charge on any atom is -0.452 e. The molecular formula is C15H12ClFN2O3. The SMILES string of the molecule is Nc1cc(F)ccc1C(=O)OCC(=O)Nc1ccccc1Cl. The first kappa shape index (κ1) is 15.8. The molecule has 0 radical (unpaired) electrons. The van der Waals surface area contributed by atoms with Gasteiger partial charge in [-0.3, -0.25) is 4.79 Å². The van der Waals surface area contributed by atoms with Crippen LogP contribution in [0.1, 0.15) is 10.4 Å². The Morgan fingerprint density at radius 3 is 2.64 bits per heavy atom. The highest BCUT2D eigenvalue weighted by molar-refractivity contribution is 6.33. The second-order valence-corrected chi connectivity index (χ2v) is 4.74. The van der Waals surface area contributed by atoms with Gasteiger partial charge >= 0.3 is 5.97 Å². The van der Waals surface area contributed by atoms with Gasteiger partial charge in [-0.25, -0.2) is 9.18 Å². The summed E-state index contributed by atoms with van der Waals surface area (Å²) in [6.45, 7) is -0.513. The van der Waals surface area contributed by atoms with Crippen LogP contribution in [0, 0.1) is 5.82 Å². The zero-order valence-electron chi connectivity index (χ0n) is 11.3. The summed E-state index contributed by atoms with van der Waals surface area (Å²) in [6, 6.07) is 9.92. The number of ether oxygens (including phenoxy) is 1. The first-order valence-corrected chi connectivity index (χ1v) is 6.61. The molecule has 1 amide bonds. The van der Waals surface area contributed by atoms with Crippen LogP contribution in [0.25, 0.3) is 0 Å². The summed E-state index contributed by atoms with van der Waals surface area (Å²) < 4.78 is 17.7. The molecule has 7 heteroatoms. The fourth-order valence-corrected chi connectivity index (χ4v) is 1.86. The van der Waals surface area contributed by atoms with Gasteiger partial charge in [0.1, 0.15) is 5.82 Å². The Labute approximate surface area is 130 Å². The van der Waals surface area contributed by atoms with Crippen LogP contribution in [0.4, 0.5) is 15.8 Å². The average molecular weight is 323 g/mol. The molecule has 0 heterocycles. The zero-order valence-corrected chi connectivity index (χ0v) is 12.1. The van der Waals surface area contributed by atoms with Crippen molar-refractivity contribution in [3.8, 4) is 0 Å². The number of hydrogen-bond donors (Lipinski definition) is 2. The summed E-state index contributed by atoms with van der Waals surface area (Å²) in [5.74, 6) is -1.93. The van der Waals surface area contributed by atoms with Crippen LogP contribution < -0.4 is 11.1 Å². The zero-order chi connectivity index (χ0) is 16.1. The third-order valence-corrected chi connectivity index (χ3v) is 3.05. The molecule has 0 aliphatic heterocycles. The van der Waals surface area contributed by atoms with Gasteiger partial charge in [0, 0.05) is 5.69 Å². The van der Waals surface area contributed by atoms with E-state index in [4.69, 9.17) is 22.1 Å². The van der Waals surface area contributed by atoms with Crippen molar-refractivity contribution in [1.82, 2.24) is 0 Å². The molecule has 0 aromatic heterocycles.